The number of nitrogens with one attached hydrogen (secondary N) is 2. The van der Waals surface area contributed by atoms with Gasteiger partial charge in [-0.15, -0.1) is 0 Å². The maximum atomic E-state index is 14.2. The predicted octanol–water partition coefficient (Wildman–Crippen LogP) is 6.91. The molecule has 214 valence electrons. The van der Waals surface area contributed by atoms with E-state index < -0.39 is 46.8 Å². The first-order chi connectivity index (χ1) is 20.4. The maximum absolute atomic E-state index is 14.2. The van der Waals surface area contributed by atoms with E-state index in [0.29, 0.717) is 28.9 Å². The Bertz CT molecular complexity index is 2030. The highest BCUT2D eigenvalue weighted by molar-refractivity contribution is 6.31. The minimum absolute atomic E-state index is 0.0229. The maximum Gasteiger partial charge on any atom is 0.416 e. The molecular weight excluding hydrogens is 593 g/mol. The highest BCUT2D eigenvalue weighted by Crippen LogP contribution is 2.42. The number of hydrogen-bond acceptors (Lipinski definition) is 4. The lowest BCUT2D eigenvalue weighted by Crippen LogP contribution is -2.21. The molecule has 2 N–H and O–H groups in total. The Morgan fingerprint density at radius 1 is 1.02 bits per heavy atom. The summed E-state index contributed by atoms with van der Waals surface area (Å²) in [6, 6.07) is 12.2. The van der Waals surface area contributed by atoms with Crippen molar-refractivity contribution in [3.05, 3.63) is 123 Å². The van der Waals surface area contributed by atoms with Crippen molar-refractivity contribution < 1.29 is 31.5 Å². The van der Waals surface area contributed by atoms with Crippen LogP contribution >= 0.6 is 11.6 Å². The van der Waals surface area contributed by atoms with Crippen LogP contribution in [0.5, 0.6) is 0 Å². The van der Waals surface area contributed by atoms with Gasteiger partial charge in [0.15, 0.2) is 0 Å². The summed E-state index contributed by atoms with van der Waals surface area (Å²) >= 11 is 6.33. The van der Waals surface area contributed by atoms with Crippen LogP contribution in [0.4, 0.5) is 27.6 Å². The second kappa shape index (κ2) is 10.2. The third kappa shape index (κ3) is 5.04. The van der Waals surface area contributed by atoms with Gasteiger partial charge in [0, 0.05) is 39.2 Å². The van der Waals surface area contributed by atoms with E-state index in [2.05, 4.69) is 15.6 Å². The summed E-state index contributed by atoms with van der Waals surface area (Å²) in [5.41, 5.74) is -0.0246. The van der Waals surface area contributed by atoms with Crippen molar-refractivity contribution in [3.8, 4) is 17.2 Å². The van der Waals surface area contributed by atoms with Gasteiger partial charge in [0.05, 0.1) is 17.8 Å². The molecule has 0 fully saturated rings. The molecule has 3 aromatic carbocycles. The number of alkyl halides is 3. The van der Waals surface area contributed by atoms with Gasteiger partial charge in [0.25, 0.3) is 11.8 Å². The third-order valence-corrected chi connectivity index (χ3v) is 7.29. The summed E-state index contributed by atoms with van der Waals surface area (Å²) < 4.78 is 69.9. The monoisotopic (exact) mass is 607 g/mol. The van der Waals surface area contributed by atoms with Crippen LogP contribution in [0.15, 0.2) is 73.1 Å². The van der Waals surface area contributed by atoms with Crippen molar-refractivity contribution >= 4 is 34.7 Å². The molecular formula is C30H15ClF5N5O2. The molecule has 13 heteroatoms. The molecule has 43 heavy (non-hydrogen) atoms. The number of anilines is 1. The molecule has 1 atom stereocenters. The molecule has 0 unspecified atom stereocenters. The molecule has 5 aromatic rings. The van der Waals surface area contributed by atoms with Crippen LogP contribution in [0.3, 0.4) is 0 Å². The van der Waals surface area contributed by atoms with E-state index in [9.17, 15) is 36.8 Å². The van der Waals surface area contributed by atoms with Gasteiger partial charge in [-0.05, 0) is 71.8 Å². The van der Waals surface area contributed by atoms with Crippen LogP contribution in [0, 0.1) is 23.0 Å². The Morgan fingerprint density at radius 3 is 2.56 bits per heavy atom. The quantitative estimate of drug-likeness (QED) is 0.217. The number of aromatic nitrogens is 2. The lowest BCUT2D eigenvalue weighted by Gasteiger charge is -2.19. The Hall–Kier alpha value is -5.28. The first-order valence-corrected chi connectivity index (χ1v) is 12.8. The van der Waals surface area contributed by atoms with Gasteiger partial charge in [-0.2, -0.15) is 18.4 Å². The molecule has 7 nitrogen and oxygen atoms in total. The van der Waals surface area contributed by atoms with Gasteiger partial charge in [0.1, 0.15) is 29.0 Å². The fourth-order valence-corrected chi connectivity index (χ4v) is 5.21. The van der Waals surface area contributed by atoms with E-state index in [-0.39, 0.29) is 39.2 Å². The average Bonchev–Trinajstić information content (AvgIpc) is 3.53. The summed E-state index contributed by atoms with van der Waals surface area (Å²) in [4.78, 5) is 30.6. The number of nitrogens with zero attached hydrogens (tertiary/aromatic N) is 3. The van der Waals surface area contributed by atoms with Gasteiger partial charge < -0.3 is 10.6 Å². The molecule has 2 amide bonds. The zero-order valence-corrected chi connectivity index (χ0v) is 22.2. The van der Waals surface area contributed by atoms with Crippen molar-refractivity contribution in [1.29, 1.82) is 5.26 Å². The SMILES string of the molecule is N#Cc1cnc2ccc(-c3cc(NC(=O)c4cc(F)cc(C(F)(F)F)c4)c4c(c3)C(=O)N[C@H]4c3cc(F)ccc3Cl)cn12. The topological polar surface area (TPSA) is 99.3 Å². The lowest BCUT2D eigenvalue weighted by molar-refractivity contribution is -0.137. The number of halogens is 6. The Labute approximate surface area is 244 Å². The summed E-state index contributed by atoms with van der Waals surface area (Å²) in [5, 5.41) is 14.7. The Kier molecular flexibility index (Phi) is 6.62. The zero-order valence-electron chi connectivity index (χ0n) is 21.4. The van der Waals surface area contributed by atoms with Crippen LogP contribution < -0.4 is 10.6 Å². The first kappa shape index (κ1) is 27.9. The number of fused-ring (bicyclic) bond motifs is 2. The first-order valence-electron chi connectivity index (χ1n) is 12.4. The standard InChI is InChI=1S/C30H15ClF5N5O2/c31-23-3-2-18(32)10-21(23)27-26-22(29(43)40-27)7-15(14-1-4-25-38-12-20(11-37)41(25)13-14)8-24(26)39-28(42)16-5-17(30(34,35)36)9-19(33)6-16/h1-10,12-13,27H,(H,39,42)(H,40,43)/t27-/m0/s1. The molecule has 3 heterocycles. The number of carbonyl (C=O) groups is 2. The van der Waals surface area contributed by atoms with Gasteiger partial charge in [-0.25, -0.2) is 13.8 Å². The number of amides is 2. The summed E-state index contributed by atoms with van der Waals surface area (Å²) in [6.07, 6.45) is -1.95. The molecule has 1 aliphatic heterocycles. The van der Waals surface area contributed by atoms with E-state index in [4.69, 9.17) is 11.6 Å². The predicted molar refractivity (Wildman–Crippen MR) is 145 cm³/mol. The molecule has 2 aromatic heterocycles. The number of pyridine rings is 1. The number of nitriles is 1. The largest absolute Gasteiger partial charge is 0.416 e. The third-order valence-electron chi connectivity index (χ3n) is 6.95. The Balaban J connectivity index is 1.52. The number of imidazole rings is 1. The van der Waals surface area contributed by atoms with E-state index in [0.717, 1.165) is 12.1 Å². The van der Waals surface area contributed by atoms with E-state index in [1.807, 2.05) is 6.07 Å². The average molecular weight is 608 g/mol. The highest BCUT2D eigenvalue weighted by Gasteiger charge is 2.36. The molecule has 0 bridgehead atoms. The van der Waals surface area contributed by atoms with Crippen LogP contribution in [0.2, 0.25) is 5.02 Å². The van der Waals surface area contributed by atoms with Crippen molar-refractivity contribution in [2.45, 2.75) is 12.2 Å². The zero-order chi connectivity index (χ0) is 30.6. The van der Waals surface area contributed by atoms with Gasteiger partial charge >= 0.3 is 6.18 Å². The Morgan fingerprint density at radius 2 is 1.81 bits per heavy atom. The van der Waals surface area contributed by atoms with Crippen LogP contribution in [-0.2, 0) is 6.18 Å². The van der Waals surface area contributed by atoms with Crippen molar-refractivity contribution in [1.82, 2.24) is 14.7 Å². The lowest BCUT2D eigenvalue weighted by atomic mass is 9.93. The van der Waals surface area contributed by atoms with Crippen LogP contribution in [-0.4, -0.2) is 21.2 Å². The van der Waals surface area contributed by atoms with Crippen molar-refractivity contribution in [3.63, 3.8) is 0 Å². The summed E-state index contributed by atoms with van der Waals surface area (Å²) in [6.45, 7) is 0. The fraction of sp³-hybridized carbons (Fsp3) is 0.0667. The normalized spacial score (nSPS) is 14.3. The van der Waals surface area contributed by atoms with Crippen molar-refractivity contribution in [2.75, 3.05) is 5.32 Å². The van der Waals surface area contributed by atoms with Crippen LogP contribution in [0.25, 0.3) is 16.8 Å². The second-order valence-corrected chi connectivity index (χ2v) is 10.0. The molecule has 0 spiro atoms. The molecule has 6 rings (SSSR count). The second-order valence-electron chi connectivity index (χ2n) is 9.64. The highest BCUT2D eigenvalue weighted by atomic mass is 35.5. The molecule has 0 saturated carbocycles. The minimum atomic E-state index is -4.91. The van der Waals surface area contributed by atoms with Gasteiger partial charge in [-0.1, -0.05) is 11.6 Å². The number of hydrogen-bond donors (Lipinski definition) is 2. The smallest absolute Gasteiger partial charge is 0.341 e. The van der Waals surface area contributed by atoms with E-state index in [1.54, 1.807) is 18.3 Å². The van der Waals surface area contributed by atoms with Crippen LogP contribution in [0.1, 0.15) is 49.1 Å². The number of benzene rings is 3. The van der Waals surface area contributed by atoms with Gasteiger partial charge in [-0.3, -0.25) is 14.0 Å². The summed E-state index contributed by atoms with van der Waals surface area (Å²) in [5.74, 6) is -3.61. The van der Waals surface area contributed by atoms with E-state index >= 15 is 0 Å². The van der Waals surface area contributed by atoms with E-state index in [1.165, 1.54) is 28.8 Å². The number of carbonyl (C=O) groups excluding carboxylic acids is 2. The minimum Gasteiger partial charge on any atom is -0.341 e. The molecule has 1 aliphatic rings. The number of rotatable bonds is 4. The molecule has 0 saturated heterocycles. The molecule has 0 aliphatic carbocycles. The fourth-order valence-electron chi connectivity index (χ4n) is 4.99. The van der Waals surface area contributed by atoms with Crippen molar-refractivity contribution in [2.24, 2.45) is 0 Å². The summed E-state index contributed by atoms with van der Waals surface area (Å²) in [7, 11) is 0. The van der Waals surface area contributed by atoms with Gasteiger partial charge in [0.2, 0.25) is 0 Å². The molecule has 0 radical (unpaired) electrons.